The van der Waals surface area contributed by atoms with Gasteiger partial charge in [0.15, 0.2) is 0 Å². The van der Waals surface area contributed by atoms with Crippen molar-refractivity contribution in [1.82, 2.24) is 0 Å². The molecule has 0 aliphatic heterocycles. The average molecular weight is 302 g/mol. The second-order valence-electron chi connectivity index (χ2n) is 4.57. The van der Waals surface area contributed by atoms with Crippen LogP contribution in [-0.4, -0.2) is 14.1 Å². The summed E-state index contributed by atoms with van der Waals surface area (Å²) in [7, 11) is -3.94. The molecule has 0 saturated carbocycles. The molecule has 0 heterocycles. The molecule has 0 radical (unpaired) electrons. The van der Waals surface area contributed by atoms with Crippen molar-refractivity contribution in [3.63, 3.8) is 0 Å². The molecule has 1 aromatic carbocycles. The normalized spacial score (nSPS) is 19.4. The Morgan fingerprint density at radius 1 is 1.29 bits per heavy atom. The largest absolute Gasteiger partial charge is 0.358 e. The maximum Gasteiger partial charge on any atom is 0.358 e. The topological polar surface area (TPSA) is 79.5 Å². The Kier molecular flexibility index (Phi) is 4.55. The first-order chi connectivity index (χ1) is 10.0. The van der Waals surface area contributed by atoms with Crippen LogP contribution in [0.3, 0.4) is 0 Å². The maximum absolute atomic E-state index is 12.0. The van der Waals surface area contributed by atoms with Crippen LogP contribution in [0.25, 0.3) is 0 Å². The van der Waals surface area contributed by atoms with Gasteiger partial charge in [-0.3, -0.25) is 4.28 Å². The number of benzene rings is 1. The van der Waals surface area contributed by atoms with Gasteiger partial charge in [-0.05, 0) is 25.1 Å². The Hall–Kier alpha value is -2.39. The molecule has 1 aliphatic carbocycles. The van der Waals surface area contributed by atoms with E-state index in [1.165, 1.54) is 12.1 Å². The van der Waals surface area contributed by atoms with E-state index in [1.54, 1.807) is 36.4 Å². The molecule has 0 spiro atoms. The first-order valence-electron chi connectivity index (χ1n) is 6.33. The summed E-state index contributed by atoms with van der Waals surface area (Å²) in [6, 6.07) is 8.34. The second kappa shape index (κ2) is 6.37. The molecule has 0 bridgehead atoms. The second-order valence-corrected chi connectivity index (χ2v) is 6.10. The van der Waals surface area contributed by atoms with E-state index in [-0.39, 0.29) is 17.2 Å². The number of nitrogens with zero attached hydrogens (tertiary/aromatic N) is 2. The number of hydrogen-bond donors (Lipinski definition) is 0. The Morgan fingerprint density at radius 2 is 2.00 bits per heavy atom. The highest BCUT2D eigenvalue weighted by Gasteiger charge is 2.18. The fourth-order valence-electron chi connectivity index (χ4n) is 1.78. The minimum Gasteiger partial charge on any atom is -0.264 e. The van der Waals surface area contributed by atoms with Gasteiger partial charge in [-0.1, -0.05) is 41.1 Å². The molecule has 1 aliphatic rings. The van der Waals surface area contributed by atoms with E-state index in [4.69, 9.17) is 9.55 Å². The molecule has 0 amide bonds. The highest BCUT2D eigenvalue weighted by molar-refractivity contribution is 7.86. The molecule has 0 N–H and O–H groups in total. The summed E-state index contributed by atoms with van der Waals surface area (Å²) in [5, 5.41) is 12.4. The van der Waals surface area contributed by atoms with Crippen molar-refractivity contribution in [2.45, 2.75) is 18.2 Å². The molecule has 0 fully saturated rings. The van der Waals surface area contributed by atoms with E-state index < -0.39 is 10.1 Å². The van der Waals surface area contributed by atoms with Crippen LogP contribution in [0.4, 0.5) is 0 Å². The lowest BCUT2D eigenvalue weighted by atomic mass is 9.96. The lowest BCUT2D eigenvalue weighted by Crippen LogP contribution is -2.13. The predicted octanol–water partition coefficient (Wildman–Crippen LogP) is 2.71. The number of aryl methyl sites for hydroxylation is 1. The van der Waals surface area contributed by atoms with Crippen molar-refractivity contribution in [2.24, 2.45) is 11.1 Å². The Labute approximate surface area is 124 Å². The van der Waals surface area contributed by atoms with Crippen molar-refractivity contribution in [1.29, 1.82) is 5.26 Å². The lowest BCUT2D eigenvalue weighted by molar-refractivity contribution is 0.337. The van der Waals surface area contributed by atoms with Crippen molar-refractivity contribution >= 4 is 15.8 Å². The van der Waals surface area contributed by atoms with Gasteiger partial charge >= 0.3 is 10.1 Å². The third-order valence-corrected chi connectivity index (χ3v) is 4.08. The zero-order chi connectivity index (χ0) is 15.3. The van der Waals surface area contributed by atoms with Crippen LogP contribution >= 0.6 is 0 Å². The first-order valence-corrected chi connectivity index (χ1v) is 7.74. The zero-order valence-electron chi connectivity index (χ0n) is 11.4. The first kappa shape index (κ1) is 15.0. The Morgan fingerprint density at radius 3 is 2.67 bits per heavy atom. The summed E-state index contributed by atoms with van der Waals surface area (Å²) < 4.78 is 28.8. The summed E-state index contributed by atoms with van der Waals surface area (Å²) in [5.41, 5.74) is 1.37. The van der Waals surface area contributed by atoms with Gasteiger partial charge in [-0.2, -0.15) is 13.7 Å². The number of allylic oxidation sites excluding steroid dienone is 4. The number of oxime groups is 1. The number of rotatable bonds is 4. The van der Waals surface area contributed by atoms with Crippen LogP contribution in [0.2, 0.25) is 0 Å². The number of hydrogen-bond acceptors (Lipinski definition) is 5. The van der Waals surface area contributed by atoms with Gasteiger partial charge in [0.1, 0.15) is 4.90 Å². The minimum atomic E-state index is -3.94. The van der Waals surface area contributed by atoms with E-state index in [0.717, 1.165) is 5.56 Å². The highest BCUT2D eigenvalue weighted by atomic mass is 32.2. The minimum absolute atomic E-state index is 0.0459. The van der Waals surface area contributed by atoms with Crippen LogP contribution in [0.15, 0.2) is 58.6 Å². The lowest BCUT2D eigenvalue weighted by Gasteiger charge is -2.11. The molecule has 1 unspecified atom stereocenters. The van der Waals surface area contributed by atoms with E-state index in [0.29, 0.717) is 5.71 Å². The predicted molar refractivity (Wildman–Crippen MR) is 78.9 cm³/mol. The molecule has 21 heavy (non-hydrogen) atoms. The van der Waals surface area contributed by atoms with Crippen LogP contribution in [0, 0.1) is 24.2 Å². The monoisotopic (exact) mass is 302 g/mol. The van der Waals surface area contributed by atoms with Gasteiger partial charge in [0.05, 0.1) is 11.8 Å². The Balaban J connectivity index is 2.19. The third kappa shape index (κ3) is 3.80. The molecular formula is C15H14N2O3S. The summed E-state index contributed by atoms with van der Waals surface area (Å²) in [4.78, 5) is 0.0459. The smallest absolute Gasteiger partial charge is 0.264 e. The van der Waals surface area contributed by atoms with Crippen LogP contribution in [-0.2, 0) is 14.4 Å². The SMILES string of the molecule is Cc1ccc(S(=O)(=O)ON=C2C=CC=CC2CC#N)cc1. The third-order valence-electron chi connectivity index (χ3n) is 2.96. The number of nitriles is 1. The molecule has 108 valence electrons. The molecule has 1 atom stereocenters. The van der Waals surface area contributed by atoms with Crippen molar-refractivity contribution in [3.05, 3.63) is 54.1 Å². The zero-order valence-corrected chi connectivity index (χ0v) is 12.2. The fraction of sp³-hybridized carbons (Fsp3) is 0.200. The average Bonchev–Trinajstić information content (AvgIpc) is 2.47. The van der Waals surface area contributed by atoms with Crippen molar-refractivity contribution in [3.8, 4) is 6.07 Å². The Bertz CT molecular complexity index is 738. The molecule has 0 aromatic heterocycles. The maximum atomic E-state index is 12.0. The van der Waals surface area contributed by atoms with Crippen molar-refractivity contribution < 1.29 is 12.7 Å². The van der Waals surface area contributed by atoms with Crippen LogP contribution in [0.5, 0.6) is 0 Å². The van der Waals surface area contributed by atoms with E-state index in [1.807, 2.05) is 13.0 Å². The molecule has 0 saturated heterocycles. The molecule has 1 aromatic rings. The molecule has 6 heteroatoms. The van der Waals surface area contributed by atoms with Gasteiger partial charge in [-0.15, -0.1) is 0 Å². The van der Waals surface area contributed by atoms with Crippen LogP contribution in [0.1, 0.15) is 12.0 Å². The molecular weight excluding hydrogens is 288 g/mol. The van der Waals surface area contributed by atoms with E-state index >= 15 is 0 Å². The van der Waals surface area contributed by atoms with Gasteiger partial charge in [0.2, 0.25) is 0 Å². The van der Waals surface area contributed by atoms with Gasteiger partial charge in [-0.25, -0.2) is 0 Å². The quantitative estimate of drug-likeness (QED) is 0.801. The highest BCUT2D eigenvalue weighted by Crippen LogP contribution is 2.17. The van der Waals surface area contributed by atoms with Gasteiger partial charge < -0.3 is 0 Å². The summed E-state index contributed by atoms with van der Waals surface area (Å²) in [5.74, 6) is -0.256. The van der Waals surface area contributed by atoms with Crippen LogP contribution < -0.4 is 0 Å². The molecule has 2 rings (SSSR count). The standard InChI is InChI=1S/C15H14N2O3S/c1-12-6-8-14(9-7-12)21(18,19)20-17-15-5-3-2-4-13(15)10-11-16/h2-9,13H,10H2,1H3. The van der Waals surface area contributed by atoms with Gasteiger partial charge in [0.25, 0.3) is 0 Å². The summed E-state index contributed by atoms with van der Waals surface area (Å²) in [6.45, 7) is 1.86. The fourth-order valence-corrected chi connectivity index (χ4v) is 2.52. The summed E-state index contributed by atoms with van der Waals surface area (Å²) in [6.07, 6.45) is 7.13. The van der Waals surface area contributed by atoms with E-state index in [2.05, 4.69) is 5.16 Å². The summed E-state index contributed by atoms with van der Waals surface area (Å²) >= 11 is 0. The van der Waals surface area contributed by atoms with E-state index in [9.17, 15) is 8.42 Å². The van der Waals surface area contributed by atoms with Gasteiger partial charge in [0, 0.05) is 12.3 Å². The molecule has 5 nitrogen and oxygen atoms in total. The van der Waals surface area contributed by atoms with Crippen molar-refractivity contribution in [2.75, 3.05) is 0 Å².